The van der Waals surface area contributed by atoms with Crippen LogP contribution in [0.1, 0.15) is 27.8 Å². The van der Waals surface area contributed by atoms with Gasteiger partial charge in [0.2, 0.25) is 0 Å². The smallest absolute Gasteiger partial charge is 0.126 e. The zero-order valence-electron chi connectivity index (χ0n) is 16.0. The summed E-state index contributed by atoms with van der Waals surface area (Å²) in [6, 6.07) is 22.4. The lowest BCUT2D eigenvalue weighted by Gasteiger charge is -2.18. The summed E-state index contributed by atoms with van der Waals surface area (Å²) in [5, 5.41) is 0. The van der Waals surface area contributed by atoms with Gasteiger partial charge in [0.25, 0.3) is 0 Å². The number of methoxy groups -OCH3 is 1. The molecule has 0 spiro atoms. The lowest BCUT2D eigenvalue weighted by molar-refractivity contribution is 0.303. The molecule has 0 saturated heterocycles. The van der Waals surface area contributed by atoms with Crippen molar-refractivity contribution in [2.24, 2.45) is 4.99 Å². The third-order valence-corrected chi connectivity index (χ3v) is 4.88. The van der Waals surface area contributed by atoms with Gasteiger partial charge in [0.05, 0.1) is 7.11 Å². The van der Waals surface area contributed by atoms with Crippen LogP contribution >= 0.6 is 0 Å². The quantitative estimate of drug-likeness (QED) is 0.543. The van der Waals surface area contributed by atoms with Gasteiger partial charge in [-0.1, -0.05) is 66.7 Å². The number of aliphatic imine (C=N–C) groups is 1. The molecule has 0 fully saturated rings. The fraction of sp³-hybridized carbons (Fsp3) is 0.160. The maximum Gasteiger partial charge on any atom is 0.126 e. The predicted molar refractivity (Wildman–Crippen MR) is 115 cm³/mol. The average molecular weight is 369 g/mol. The van der Waals surface area contributed by atoms with E-state index in [1.54, 1.807) is 7.11 Å². The van der Waals surface area contributed by atoms with Gasteiger partial charge in [-0.25, -0.2) is 0 Å². The summed E-state index contributed by atoms with van der Waals surface area (Å²) < 4.78 is 11.6. The van der Waals surface area contributed by atoms with Crippen LogP contribution in [-0.2, 0) is 13.0 Å². The molecule has 0 aromatic heterocycles. The Balaban J connectivity index is 1.61. The topological polar surface area (TPSA) is 30.8 Å². The van der Waals surface area contributed by atoms with Crippen LogP contribution < -0.4 is 9.47 Å². The fourth-order valence-corrected chi connectivity index (χ4v) is 3.40. The second kappa shape index (κ2) is 8.57. The molecule has 3 aromatic rings. The number of ether oxygens (including phenoxy) is 2. The SMILES string of the molecule is COc1ccccc1/C=C/c1ccc(OCc2ccccc2)c2c1C=NCC2. The molecule has 3 heteroatoms. The van der Waals surface area contributed by atoms with Crippen molar-refractivity contribution in [2.45, 2.75) is 13.0 Å². The van der Waals surface area contributed by atoms with Crippen LogP contribution in [-0.4, -0.2) is 19.9 Å². The first-order valence-corrected chi connectivity index (χ1v) is 9.48. The number of fused-ring (bicyclic) bond motifs is 1. The number of rotatable bonds is 6. The molecule has 1 heterocycles. The Labute approximate surface area is 166 Å². The van der Waals surface area contributed by atoms with Crippen molar-refractivity contribution < 1.29 is 9.47 Å². The van der Waals surface area contributed by atoms with Gasteiger partial charge in [0, 0.05) is 29.4 Å². The predicted octanol–water partition coefficient (Wildman–Crippen LogP) is 5.42. The Bertz CT molecular complexity index is 1010. The van der Waals surface area contributed by atoms with Crippen LogP contribution in [0.4, 0.5) is 0 Å². The van der Waals surface area contributed by atoms with E-state index in [9.17, 15) is 0 Å². The summed E-state index contributed by atoms with van der Waals surface area (Å²) in [5.41, 5.74) is 5.73. The van der Waals surface area contributed by atoms with Crippen LogP contribution in [0.3, 0.4) is 0 Å². The Hall–Kier alpha value is -3.33. The van der Waals surface area contributed by atoms with Crippen molar-refractivity contribution in [3.05, 3.63) is 94.5 Å². The van der Waals surface area contributed by atoms with Gasteiger partial charge >= 0.3 is 0 Å². The van der Waals surface area contributed by atoms with Crippen molar-refractivity contribution >= 4 is 18.4 Å². The highest BCUT2D eigenvalue weighted by atomic mass is 16.5. The van der Waals surface area contributed by atoms with E-state index in [0.717, 1.165) is 41.2 Å². The molecule has 0 unspecified atom stereocenters. The summed E-state index contributed by atoms with van der Waals surface area (Å²) >= 11 is 0. The first-order valence-electron chi connectivity index (χ1n) is 9.48. The number of hydrogen-bond donors (Lipinski definition) is 0. The number of para-hydroxylation sites is 1. The summed E-state index contributed by atoms with van der Waals surface area (Å²) in [7, 11) is 1.69. The van der Waals surface area contributed by atoms with Crippen LogP contribution in [0.15, 0.2) is 71.7 Å². The average Bonchev–Trinajstić information content (AvgIpc) is 2.77. The molecular weight excluding hydrogens is 346 g/mol. The van der Waals surface area contributed by atoms with Gasteiger partial charge in [-0.3, -0.25) is 4.99 Å². The second-order valence-corrected chi connectivity index (χ2v) is 6.68. The molecule has 0 radical (unpaired) electrons. The number of nitrogens with zero attached hydrogens (tertiary/aromatic N) is 1. The number of benzene rings is 3. The van der Waals surface area contributed by atoms with Crippen molar-refractivity contribution in [2.75, 3.05) is 13.7 Å². The lowest BCUT2D eigenvalue weighted by atomic mass is 9.96. The molecule has 140 valence electrons. The second-order valence-electron chi connectivity index (χ2n) is 6.68. The lowest BCUT2D eigenvalue weighted by Crippen LogP contribution is -2.08. The Morgan fingerprint density at radius 3 is 2.50 bits per heavy atom. The Morgan fingerprint density at radius 1 is 0.857 bits per heavy atom. The minimum Gasteiger partial charge on any atom is -0.496 e. The normalized spacial score (nSPS) is 12.8. The standard InChI is InChI=1S/C25H23NO2/c1-27-24-10-6-5-9-21(24)12-11-20-13-14-25(22-15-16-26-17-23(20)22)28-18-19-7-3-2-4-8-19/h2-14,17H,15-16,18H2,1H3/b12-11+. The van der Waals surface area contributed by atoms with E-state index in [1.807, 2.05) is 48.7 Å². The molecule has 28 heavy (non-hydrogen) atoms. The van der Waals surface area contributed by atoms with Gasteiger partial charge in [-0.05, 0) is 29.7 Å². The largest absolute Gasteiger partial charge is 0.496 e. The molecule has 1 aliphatic rings. The van der Waals surface area contributed by atoms with E-state index in [0.29, 0.717) is 6.61 Å². The monoisotopic (exact) mass is 369 g/mol. The summed E-state index contributed by atoms with van der Waals surface area (Å²) in [5.74, 6) is 1.81. The molecule has 0 bridgehead atoms. The highest BCUT2D eigenvalue weighted by molar-refractivity contribution is 5.91. The van der Waals surface area contributed by atoms with Gasteiger partial charge in [-0.15, -0.1) is 0 Å². The zero-order chi connectivity index (χ0) is 19.2. The van der Waals surface area contributed by atoms with Crippen molar-refractivity contribution in [1.29, 1.82) is 0 Å². The third kappa shape index (κ3) is 3.99. The van der Waals surface area contributed by atoms with Crippen molar-refractivity contribution in [3.63, 3.8) is 0 Å². The van der Waals surface area contributed by atoms with Crippen LogP contribution in [0, 0.1) is 0 Å². The van der Waals surface area contributed by atoms with E-state index in [2.05, 4.69) is 41.4 Å². The maximum atomic E-state index is 6.14. The van der Waals surface area contributed by atoms with Crippen molar-refractivity contribution in [1.82, 2.24) is 0 Å². The summed E-state index contributed by atoms with van der Waals surface area (Å²) in [6.07, 6.45) is 7.07. The summed E-state index contributed by atoms with van der Waals surface area (Å²) in [6.45, 7) is 1.37. The van der Waals surface area contributed by atoms with E-state index < -0.39 is 0 Å². The molecule has 1 aliphatic heterocycles. The third-order valence-electron chi connectivity index (χ3n) is 4.88. The van der Waals surface area contributed by atoms with Crippen LogP contribution in [0.25, 0.3) is 12.2 Å². The minimum absolute atomic E-state index is 0.570. The molecule has 0 atom stereocenters. The highest BCUT2D eigenvalue weighted by Gasteiger charge is 2.15. The van der Waals surface area contributed by atoms with Crippen molar-refractivity contribution in [3.8, 4) is 11.5 Å². The minimum atomic E-state index is 0.570. The molecule has 0 amide bonds. The summed E-state index contributed by atoms with van der Waals surface area (Å²) in [4.78, 5) is 4.49. The Kier molecular flexibility index (Phi) is 5.53. The van der Waals surface area contributed by atoms with E-state index in [4.69, 9.17) is 9.47 Å². The van der Waals surface area contributed by atoms with Gasteiger partial charge < -0.3 is 9.47 Å². The zero-order valence-corrected chi connectivity index (χ0v) is 16.0. The first kappa shape index (κ1) is 18.1. The molecule has 3 nitrogen and oxygen atoms in total. The van der Waals surface area contributed by atoms with Crippen LogP contribution in [0.5, 0.6) is 11.5 Å². The molecular formula is C25H23NO2. The molecule has 0 saturated carbocycles. The molecule has 0 aliphatic carbocycles. The maximum absolute atomic E-state index is 6.14. The molecule has 0 N–H and O–H groups in total. The highest BCUT2D eigenvalue weighted by Crippen LogP contribution is 2.30. The van der Waals surface area contributed by atoms with Gasteiger partial charge in [0.15, 0.2) is 0 Å². The van der Waals surface area contributed by atoms with Gasteiger partial charge in [0.1, 0.15) is 18.1 Å². The molecule has 3 aromatic carbocycles. The van der Waals surface area contributed by atoms with Crippen LogP contribution in [0.2, 0.25) is 0 Å². The van der Waals surface area contributed by atoms with E-state index >= 15 is 0 Å². The fourth-order valence-electron chi connectivity index (χ4n) is 3.40. The molecule has 4 rings (SSSR count). The van der Waals surface area contributed by atoms with Gasteiger partial charge in [-0.2, -0.15) is 0 Å². The Morgan fingerprint density at radius 2 is 1.64 bits per heavy atom. The van der Waals surface area contributed by atoms with E-state index in [1.165, 1.54) is 11.1 Å². The van der Waals surface area contributed by atoms with E-state index in [-0.39, 0.29) is 0 Å². The number of hydrogen-bond acceptors (Lipinski definition) is 3. The first-order chi connectivity index (χ1) is 13.8.